The van der Waals surface area contributed by atoms with Crippen molar-refractivity contribution in [1.29, 1.82) is 0 Å². The maximum absolute atomic E-state index is 4.74. The predicted octanol–water partition coefficient (Wildman–Crippen LogP) is 2.99. The number of nitrogens with one attached hydrogen (secondary N) is 1. The molecule has 0 saturated carbocycles. The lowest BCUT2D eigenvalue weighted by Gasteiger charge is -2.06. The first-order valence-electron chi connectivity index (χ1n) is 7.06. The number of hydrogen-bond donors (Lipinski definition) is 1. The third-order valence-corrected chi connectivity index (χ3v) is 4.99. The quantitative estimate of drug-likeness (QED) is 0.788. The summed E-state index contributed by atoms with van der Waals surface area (Å²) >= 11 is 1.79. The Balaban J connectivity index is 1.96. The Morgan fingerprint density at radius 3 is 2.90 bits per heavy atom. The van der Waals surface area contributed by atoms with E-state index in [2.05, 4.69) is 20.3 Å². The number of fused-ring (bicyclic) bond motifs is 3. The second kappa shape index (κ2) is 4.73. The Kier molecular flexibility index (Phi) is 2.85. The van der Waals surface area contributed by atoms with Crippen LogP contribution in [0.2, 0.25) is 0 Å². The molecule has 5 nitrogen and oxygen atoms in total. The molecule has 0 atom stereocenters. The summed E-state index contributed by atoms with van der Waals surface area (Å²) in [5.41, 5.74) is 2.21. The van der Waals surface area contributed by atoms with Gasteiger partial charge >= 0.3 is 0 Å². The minimum absolute atomic E-state index is 0.664. The third-order valence-electron chi connectivity index (χ3n) is 3.81. The van der Waals surface area contributed by atoms with Crippen LogP contribution in [0.5, 0.6) is 0 Å². The highest BCUT2D eigenvalue weighted by atomic mass is 32.1. The minimum atomic E-state index is 0.664. The highest BCUT2D eigenvalue weighted by Crippen LogP contribution is 2.40. The molecule has 1 N–H and O–H groups in total. The van der Waals surface area contributed by atoms with Crippen LogP contribution in [0.15, 0.2) is 12.3 Å². The minimum Gasteiger partial charge on any atom is -0.372 e. The molecular weight excluding hydrogens is 282 g/mol. The molecule has 4 rings (SSSR count). The first-order chi connectivity index (χ1) is 10.3. The predicted molar refractivity (Wildman–Crippen MR) is 84.7 cm³/mol. The van der Waals surface area contributed by atoms with Gasteiger partial charge in [0.25, 0.3) is 0 Å². The van der Waals surface area contributed by atoms with Gasteiger partial charge in [-0.15, -0.1) is 11.3 Å². The van der Waals surface area contributed by atoms with Gasteiger partial charge in [0, 0.05) is 18.1 Å². The van der Waals surface area contributed by atoms with E-state index < -0.39 is 0 Å². The van der Waals surface area contributed by atoms with Crippen LogP contribution in [0, 0.1) is 6.92 Å². The fraction of sp³-hybridized carbons (Fsp3) is 0.333. The number of nitrogens with zero attached hydrogens (tertiary/aromatic N) is 4. The molecule has 3 aromatic heterocycles. The molecule has 3 heterocycles. The Bertz CT molecular complexity index is 839. The van der Waals surface area contributed by atoms with Crippen LogP contribution in [0.3, 0.4) is 0 Å². The maximum atomic E-state index is 4.74. The molecular formula is C15H15N5S. The summed E-state index contributed by atoms with van der Waals surface area (Å²) in [6, 6.07) is 1.86. The van der Waals surface area contributed by atoms with Gasteiger partial charge in [0.1, 0.15) is 22.2 Å². The maximum Gasteiger partial charge on any atom is 0.181 e. The van der Waals surface area contributed by atoms with Gasteiger partial charge in [-0.1, -0.05) is 0 Å². The Labute approximate surface area is 126 Å². The van der Waals surface area contributed by atoms with Gasteiger partial charge in [-0.3, -0.25) is 0 Å². The van der Waals surface area contributed by atoms with E-state index in [9.17, 15) is 0 Å². The van der Waals surface area contributed by atoms with Crippen LogP contribution in [-0.4, -0.2) is 27.0 Å². The van der Waals surface area contributed by atoms with E-state index in [0.29, 0.717) is 5.82 Å². The zero-order valence-electron chi connectivity index (χ0n) is 12.0. The average molecular weight is 297 g/mol. The van der Waals surface area contributed by atoms with Crippen molar-refractivity contribution in [2.75, 3.05) is 12.4 Å². The zero-order valence-corrected chi connectivity index (χ0v) is 12.8. The van der Waals surface area contributed by atoms with Crippen LogP contribution in [-0.2, 0) is 12.8 Å². The van der Waals surface area contributed by atoms with Crippen LogP contribution in [0.25, 0.3) is 21.7 Å². The number of rotatable bonds is 2. The highest BCUT2D eigenvalue weighted by molar-refractivity contribution is 7.19. The number of hydrogen-bond acceptors (Lipinski definition) is 6. The third kappa shape index (κ3) is 1.98. The topological polar surface area (TPSA) is 63.6 Å². The summed E-state index contributed by atoms with van der Waals surface area (Å²) in [5, 5.41) is 4.42. The molecule has 106 valence electrons. The Morgan fingerprint density at radius 1 is 1.19 bits per heavy atom. The van der Waals surface area contributed by atoms with E-state index in [4.69, 9.17) is 4.98 Å². The van der Waals surface area contributed by atoms with Gasteiger partial charge in [0.2, 0.25) is 0 Å². The first-order valence-corrected chi connectivity index (χ1v) is 7.88. The van der Waals surface area contributed by atoms with Gasteiger partial charge in [-0.05, 0) is 37.8 Å². The van der Waals surface area contributed by atoms with Crippen LogP contribution >= 0.6 is 11.3 Å². The van der Waals surface area contributed by atoms with Crippen LogP contribution < -0.4 is 5.32 Å². The molecule has 0 saturated heterocycles. The molecule has 1 aliphatic carbocycles. The van der Waals surface area contributed by atoms with Crippen molar-refractivity contribution >= 4 is 27.4 Å². The van der Waals surface area contributed by atoms with E-state index in [1.54, 1.807) is 17.5 Å². The Hall–Kier alpha value is -2.08. The molecule has 0 aromatic carbocycles. The van der Waals surface area contributed by atoms with Crippen molar-refractivity contribution in [3.63, 3.8) is 0 Å². The molecule has 3 aromatic rings. The molecule has 0 fully saturated rings. The molecule has 0 radical (unpaired) electrons. The van der Waals surface area contributed by atoms with Crippen molar-refractivity contribution in [1.82, 2.24) is 19.9 Å². The van der Waals surface area contributed by atoms with Gasteiger partial charge in [-0.2, -0.15) is 0 Å². The summed E-state index contributed by atoms with van der Waals surface area (Å²) in [5.74, 6) is 2.30. The first kappa shape index (κ1) is 12.6. The smallest absolute Gasteiger partial charge is 0.181 e. The second-order valence-corrected chi connectivity index (χ2v) is 6.26. The fourth-order valence-electron chi connectivity index (χ4n) is 2.87. The van der Waals surface area contributed by atoms with Gasteiger partial charge in [-0.25, -0.2) is 19.9 Å². The lowest BCUT2D eigenvalue weighted by atomic mass is 10.2. The molecule has 1 aliphatic rings. The molecule has 0 bridgehead atoms. The monoisotopic (exact) mass is 297 g/mol. The average Bonchev–Trinajstić information content (AvgIpc) is 3.06. The summed E-state index contributed by atoms with van der Waals surface area (Å²) in [4.78, 5) is 20.5. The molecule has 0 unspecified atom stereocenters. The van der Waals surface area contributed by atoms with E-state index in [1.165, 1.54) is 28.7 Å². The highest BCUT2D eigenvalue weighted by Gasteiger charge is 2.22. The number of aryl methyl sites for hydroxylation is 3. The molecule has 0 aliphatic heterocycles. The summed E-state index contributed by atoms with van der Waals surface area (Å²) in [6.45, 7) is 1.88. The molecule has 21 heavy (non-hydrogen) atoms. The van der Waals surface area contributed by atoms with Crippen molar-refractivity contribution in [2.45, 2.75) is 26.2 Å². The van der Waals surface area contributed by atoms with Crippen LogP contribution in [0.1, 0.15) is 22.7 Å². The SMILES string of the molecule is CNc1nc(-c2ccnc(C)n2)nc2sc3c(c12)CCC3. The second-order valence-electron chi connectivity index (χ2n) is 5.17. The summed E-state index contributed by atoms with van der Waals surface area (Å²) in [7, 11) is 1.91. The largest absolute Gasteiger partial charge is 0.372 e. The van der Waals surface area contributed by atoms with Crippen molar-refractivity contribution in [3.8, 4) is 11.5 Å². The van der Waals surface area contributed by atoms with Crippen molar-refractivity contribution in [3.05, 3.63) is 28.5 Å². The molecule has 0 amide bonds. The fourth-order valence-corrected chi connectivity index (χ4v) is 4.13. The lowest BCUT2D eigenvalue weighted by Crippen LogP contribution is -2.00. The number of aromatic nitrogens is 4. The van der Waals surface area contributed by atoms with E-state index in [-0.39, 0.29) is 0 Å². The van der Waals surface area contributed by atoms with E-state index in [1.807, 2.05) is 20.0 Å². The Morgan fingerprint density at radius 2 is 2.10 bits per heavy atom. The molecule has 0 spiro atoms. The van der Waals surface area contributed by atoms with E-state index >= 15 is 0 Å². The summed E-state index contributed by atoms with van der Waals surface area (Å²) < 4.78 is 0. The number of anilines is 1. The van der Waals surface area contributed by atoms with Gasteiger partial charge in [0.05, 0.1) is 5.39 Å². The normalized spacial score (nSPS) is 13.6. The van der Waals surface area contributed by atoms with Gasteiger partial charge in [0.15, 0.2) is 5.82 Å². The van der Waals surface area contributed by atoms with E-state index in [0.717, 1.165) is 28.6 Å². The lowest BCUT2D eigenvalue weighted by molar-refractivity contribution is 0.917. The number of thiophene rings is 1. The standard InChI is InChI=1S/C15H15N5S/c1-8-17-7-6-10(18-8)13-19-14(16-2)12-9-4-3-5-11(9)21-15(12)20-13/h6-7H,3-5H2,1-2H3,(H,16,19,20). The summed E-state index contributed by atoms with van der Waals surface area (Å²) in [6.07, 6.45) is 5.30. The van der Waals surface area contributed by atoms with Crippen molar-refractivity contribution < 1.29 is 0 Å². The molecule has 6 heteroatoms. The van der Waals surface area contributed by atoms with Crippen molar-refractivity contribution in [2.24, 2.45) is 0 Å². The van der Waals surface area contributed by atoms with Gasteiger partial charge < -0.3 is 5.32 Å². The van der Waals surface area contributed by atoms with Crippen LogP contribution in [0.4, 0.5) is 5.82 Å². The zero-order chi connectivity index (χ0) is 14.4.